The lowest BCUT2D eigenvalue weighted by Gasteiger charge is -2.29. The highest BCUT2D eigenvalue weighted by Crippen LogP contribution is 2.32. The first-order valence-corrected chi connectivity index (χ1v) is 8.98. The van der Waals surface area contributed by atoms with E-state index in [4.69, 9.17) is 4.74 Å². The lowest BCUT2D eigenvalue weighted by Crippen LogP contribution is -2.41. The van der Waals surface area contributed by atoms with E-state index in [1.54, 1.807) is 11.0 Å². The van der Waals surface area contributed by atoms with Crippen molar-refractivity contribution >= 4 is 35.2 Å². The molecule has 0 saturated carbocycles. The number of anilines is 2. The van der Waals surface area contributed by atoms with Gasteiger partial charge in [0.15, 0.2) is 5.75 Å². The molecule has 1 heterocycles. The average molecular weight is 412 g/mol. The second kappa shape index (κ2) is 8.64. The van der Waals surface area contributed by atoms with Crippen molar-refractivity contribution in [1.82, 2.24) is 0 Å². The molecule has 0 radical (unpaired) electrons. The predicted molar refractivity (Wildman–Crippen MR) is 107 cm³/mol. The molecule has 9 heteroatoms. The van der Waals surface area contributed by atoms with Crippen LogP contribution in [0.3, 0.4) is 0 Å². The van der Waals surface area contributed by atoms with Crippen LogP contribution in [0.4, 0.5) is 11.4 Å². The molecule has 1 aliphatic rings. The summed E-state index contributed by atoms with van der Waals surface area (Å²) < 4.78 is 14.6. The van der Waals surface area contributed by atoms with Gasteiger partial charge in [0, 0.05) is 5.69 Å². The zero-order valence-electron chi connectivity index (χ0n) is 16.7. The van der Waals surface area contributed by atoms with Crippen molar-refractivity contribution < 1.29 is 33.4 Å². The summed E-state index contributed by atoms with van der Waals surface area (Å²) in [5, 5.41) is 2.64. The maximum absolute atomic E-state index is 12.6. The van der Waals surface area contributed by atoms with Crippen LogP contribution in [0.1, 0.15) is 26.3 Å². The highest BCUT2D eigenvalue weighted by molar-refractivity contribution is 6.01. The van der Waals surface area contributed by atoms with E-state index in [0.717, 1.165) is 5.56 Å². The zero-order chi connectivity index (χ0) is 21.8. The Morgan fingerprint density at radius 1 is 1.03 bits per heavy atom. The summed E-state index contributed by atoms with van der Waals surface area (Å²) in [6.07, 6.45) is 0. The average Bonchev–Trinajstić information content (AvgIpc) is 2.72. The molecule has 156 valence electrons. The fourth-order valence-corrected chi connectivity index (χ4v) is 3.04. The van der Waals surface area contributed by atoms with Crippen LogP contribution in [0.2, 0.25) is 0 Å². The van der Waals surface area contributed by atoms with Crippen LogP contribution in [0, 0.1) is 6.92 Å². The Kier molecular flexibility index (Phi) is 6.01. The topological polar surface area (TPSA) is 111 Å². The van der Waals surface area contributed by atoms with E-state index < -0.39 is 23.8 Å². The second-order valence-electron chi connectivity index (χ2n) is 6.63. The van der Waals surface area contributed by atoms with Gasteiger partial charge in [-0.25, -0.2) is 14.4 Å². The maximum Gasteiger partial charge on any atom is 0.337 e. The van der Waals surface area contributed by atoms with Crippen molar-refractivity contribution in [2.75, 3.05) is 37.5 Å². The largest absolute Gasteiger partial charge is 0.465 e. The van der Waals surface area contributed by atoms with E-state index in [0.29, 0.717) is 11.4 Å². The molecule has 1 N–H and O–H groups in total. The summed E-state index contributed by atoms with van der Waals surface area (Å²) in [7, 11) is 2.42. The van der Waals surface area contributed by atoms with E-state index in [2.05, 4.69) is 14.8 Å². The minimum absolute atomic E-state index is 0.0817. The minimum atomic E-state index is -0.667. The third kappa shape index (κ3) is 4.57. The van der Waals surface area contributed by atoms with Gasteiger partial charge in [-0.05, 0) is 42.8 Å². The van der Waals surface area contributed by atoms with E-state index in [1.807, 2.05) is 19.1 Å². The summed E-state index contributed by atoms with van der Waals surface area (Å²) >= 11 is 0. The van der Waals surface area contributed by atoms with E-state index >= 15 is 0 Å². The monoisotopic (exact) mass is 412 g/mol. The van der Waals surface area contributed by atoms with Crippen molar-refractivity contribution in [1.29, 1.82) is 0 Å². The number of esters is 3. The predicted octanol–water partition coefficient (Wildman–Crippen LogP) is 1.93. The van der Waals surface area contributed by atoms with E-state index in [9.17, 15) is 19.2 Å². The molecule has 0 aliphatic carbocycles. The van der Waals surface area contributed by atoms with Gasteiger partial charge in [-0.15, -0.1) is 0 Å². The number of carbonyl (C=O) groups excluding carboxylic acids is 4. The quantitative estimate of drug-likeness (QED) is 0.586. The Morgan fingerprint density at radius 2 is 1.67 bits per heavy atom. The van der Waals surface area contributed by atoms with Gasteiger partial charge in [-0.2, -0.15) is 0 Å². The van der Waals surface area contributed by atoms with Crippen molar-refractivity contribution in [2.45, 2.75) is 6.92 Å². The standard InChI is InChI=1S/C21H20N2O7/c1-12-4-5-17-16(6-12)23(11-19(25)30-17)10-18(24)22-15-8-13(20(26)28-2)7-14(9-15)21(27)29-3/h4-9H,10-11H2,1-3H3,(H,22,24). The first-order valence-electron chi connectivity index (χ1n) is 8.98. The molecule has 0 bridgehead atoms. The Bertz CT molecular complexity index is 998. The number of aryl methyl sites for hydroxylation is 1. The van der Waals surface area contributed by atoms with Gasteiger partial charge in [0.05, 0.1) is 37.6 Å². The van der Waals surface area contributed by atoms with Crippen LogP contribution in [0.5, 0.6) is 5.75 Å². The molecule has 0 aromatic heterocycles. The fraction of sp³-hybridized carbons (Fsp3) is 0.238. The molecule has 30 heavy (non-hydrogen) atoms. The van der Waals surface area contributed by atoms with Crippen LogP contribution in [-0.2, 0) is 19.1 Å². The zero-order valence-corrected chi connectivity index (χ0v) is 16.7. The molecule has 0 atom stereocenters. The van der Waals surface area contributed by atoms with Crippen LogP contribution in [-0.4, -0.2) is 51.1 Å². The summed E-state index contributed by atoms with van der Waals surface area (Å²) in [6, 6.07) is 9.39. The highest BCUT2D eigenvalue weighted by Gasteiger charge is 2.26. The number of ether oxygens (including phenoxy) is 3. The smallest absolute Gasteiger partial charge is 0.337 e. The normalized spacial score (nSPS) is 12.5. The Morgan fingerprint density at radius 3 is 2.27 bits per heavy atom. The maximum atomic E-state index is 12.6. The number of nitrogens with zero attached hydrogens (tertiary/aromatic N) is 1. The molecule has 0 unspecified atom stereocenters. The SMILES string of the molecule is COC(=O)c1cc(NC(=O)CN2CC(=O)Oc3ccc(C)cc32)cc(C(=O)OC)c1. The van der Waals surface area contributed by atoms with Crippen molar-refractivity contribution in [3.05, 3.63) is 53.1 Å². The van der Waals surface area contributed by atoms with Crippen LogP contribution >= 0.6 is 0 Å². The Hall–Kier alpha value is -3.88. The van der Waals surface area contributed by atoms with Crippen molar-refractivity contribution in [3.63, 3.8) is 0 Å². The molecular formula is C21H20N2O7. The molecule has 2 aromatic rings. The minimum Gasteiger partial charge on any atom is -0.465 e. The Balaban J connectivity index is 1.83. The van der Waals surface area contributed by atoms with Gasteiger partial charge < -0.3 is 24.4 Å². The molecule has 0 spiro atoms. The number of benzene rings is 2. The second-order valence-corrected chi connectivity index (χ2v) is 6.63. The summed E-state index contributed by atoms with van der Waals surface area (Å²) in [6.45, 7) is 1.67. The number of methoxy groups -OCH3 is 2. The molecular weight excluding hydrogens is 392 g/mol. The van der Waals surface area contributed by atoms with Crippen LogP contribution in [0.25, 0.3) is 0 Å². The third-order valence-electron chi connectivity index (χ3n) is 4.39. The number of nitrogens with one attached hydrogen (secondary N) is 1. The van der Waals surface area contributed by atoms with Gasteiger partial charge >= 0.3 is 17.9 Å². The first-order chi connectivity index (χ1) is 14.3. The lowest BCUT2D eigenvalue weighted by atomic mass is 10.1. The molecule has 9 nitrogen and oxygen atoms in total. The van der Waals surface area contributed by atoms with Gasteiger partial charge in [-0.3, -0.25) is 4.79 Å². The number of rotatable bonds is 5. The van der Waals surface area contributed by atoms with Gasteiger partial charge in [0.2, 0.25) is 5.91 Å². The molecule has 0 saturated heterocycles. The summed E-state index contributed by atoms with van der Waals surface area (Å²) in [5.74, 6) is -1.88. The summed E-state index contributed by atoms with van der Waals surface area (Å²) in [4.78, 5) is 49.9. The molecule has 3 rings (SSSR count). The molecule has 1 amide bonds. The first kappa shape index (κ1) is 20.8. The number of carbonyl (C=O) groups is 4. The van der Waals surface area contributed by atoms with E-state index in [1.165, 1.54) is 32.4 Å². The highest BCUT2D eigenvalue weighted by atomic mass is 16.5. The Labute approximate surface area is 172 Å². The fourth-order valence-electron chi connectivity index (χ4n) is 3.04. The summed E-state index contributed by atoms with van der Waals surface area (Å²) in [5.41, 5.74) is 1.96. The van der Waals surface area contributed by atoms with Gasteiger partial charge in [0.1, 0.15) is 6.54 Å². The molecule has 0 fully saturated rings. The van der Waals surface area contributed by atoms with Crippen molar-refractivity contribution in [3.8, 4) is 5.75 Å². The number of hydrogen-bond donors (Lipinski definition) is 1. The third-order valence-corrected chi connectivity index (χ3v) is 4.39. The number of hydrogen-bond acceptors (Lipinski definition) is 8. The van der Waals surface area contributed by atoms with Crippen molar-refractivity contribution in [2.24, 2.45) is 0 Å². The van der Waals surface area contributed by atoms with Crippen LogP contribution < -0.4 is 15.0 Å². The molecule has 1 aliphatic heterocycles. The number of amides is 1. The lowest BCUT2D eigenvalue weighted by molar-refractivity contribution is -0.133. The van der Waals surface area contributed by atoms with E-state index in [-0.39, 0.29) is 29.9 Å². The van der Waals surface area contributed by atoms with Gasteiger partial charge in [0.25, 0.3) is 0 Å². The number of fused-ring (bicyclic) bond motifs is 1. The van der Waals surface area contributed by atoms with Gasteiger partial charge in [-0.1, -0.05) is 6.07 Å². The molecule has 2 aromatic carbocycles. The van der Waals surface area contributed by atoms with Crippen LogP contribution in [0.15, 0.2) is 36.4 Å².